The fraction of sp³-hybridized carbons (Fsp3) is 0.263. The molecule has 25 heavy (non-hydrogen) atoms. The topological polar surface area (TPSA) is 46.8 Å². The van der Waals surface area contributed by atoms with Crippen molar-refractivity contribution < 1.29 is 0 Å². The third-order valence-electron chi connectivity index (χ3n) is 4.01. The molecule has 0 radical (unpaired) electrons. The summed E-state index contributed by atoms with van der Waals surface area (Å²) >= 11 is 5.65. The van der Waals surface area contributed by atoms with Crippen molar-refractivity contribution in [3.63, 3.8) is 0 Å². The molecule has 6 heteroatoms. The van der Waals surface area contributed by atoms with Crippen LogP contribution in [0, 0.1) is 0 Å². The second-order valence-corrected chi connectivity index (χ2v) is 6.14. The number of hydrogen-bond acceptors (Lipinski definition) is 4. The van der Waals surface area contributed by atoms with Gasteiger partial charge in [-0.2, -0.15) is 4.68 Å². The lowest BCUT2D eigenvalue weighted by atomic mass is 10.2. The number of hydrogen-bond donors (Lipinski definition) is 0. The van der Waals surface area contributed by atoms with Gasteiger partial charge in [0, 0.05) is 18.7 Å². The second kappa shape index (κ2) is 8.48. The number of aromatic nitrogens is 4. The Kier molecular flexibility index (Phi) is 5.85. The maximum absolute atomic E-state index is 5.65. The van der Waals surface area contributed by atoms with Crippen molar-refractivity contribution in [1.29, 1.82) is 0 Å². The smallest absolute Gasteiger partial charge is 0.156 e. The van der Waals surface area contributed by atoms with Gasteiger partial charge in [0.05, 0.1) is 10.7 Å². The Bertz CT molecular complexity index is 801. The van der Waals surface area contributed by atoms with Gasteiger partial charge < -0.3 is 4.90 Å². The SMILES string of the molecule is CCN(C(=S)CCCc1nnnn1-c1ccccc1)c1ccccc1. The number of rotatable bonds is 7. The first-order chi connectivity index (χ1) is 12.3. The van der Waals surface area contributed by atoms with Crippen molar-refractivity contribution in [3.05, 3.63) is 66.5 Å². The van der Waals surface area contributed by atoms with E-state index >= 15 is 0 Å². The third-order valence-corrected chi connectivity index (χ3v) is 4.44. The molecule has 2 aromatic carbocycles. The fourth-order valence-electron chi connectivity index (χ4n) is 2.77. The van der Waals surface area contributed by atoms with E-state index in [1.165, 1.54) is 0 Å². The van der Waals surface area contributed by atoms with Crippen LogP contribution in [0.4, 0.5) is 5.69 Å². The van der Waals surface area contributed by atoms with Crippen molar-refractivity contribution in [3.8, 4) is 5.69 Å². The molecule has 3 aromatic rings. The number of thiocarbonyl (C=S) groups is 1. The van der Waals surface area contributed by atoms with E-state index in [4.69, 9.17) is 12.2 Å². The summed E-state index contributed by atoms with van der Waals surface area (Å²) in [7, 11) is 0. The molecule has 0 atom stereocenters. The lowest BCUT2D eigenvalue weighted by molar-refractivity contribution is 0.733. The van der Waals surface area contributed by atoms with Crippen LogP contribution in [0.25, 0.3) is 5.69 Å². The normalized spacial score (nSPS) is 10.6. The second-order valence-electron chi connectivity index (χ2n) is 5.67. The highest BCUT2D eigenvalue weighted by Gasteiger charge is 2.12. The van der Waals surface area contributed by atoms with E-state index in [1.807, 2.05) is 48.5 Å². The summed E-state index contributed by atoms with van der Waals surface area (Å²) in [5.41, 5.74) is 2.12. The van der Waals surface area contributed by atoms with E-state index in [-0.39, 0.29) is 0 Å². The summed E-state index contributed by atoms with van der Waals surface area (Å²) in [6.07, 6.45) is 2.53. The first kappa shape index (κ1) is 17.2. The molecule has 0 aliphatic carbocycles. The Hall–Kier alpha value is -2.60. The molecule has 0 unspecified atom stereocenters. The molecule has 0 saturated heterocycles. The Morgan fingerprint density at radius 3 is 2.40 bits per heavy atom. The Labute approximate surface area is 153 Å². The molecule has 1 heterocycles. The average molecular weight is 351 g/mol. The number of aryl methyl sites for hydroxylation is 1. The third kappa shape index (κ3) is 4.28. The number of para-hydroxylation sites is 2. The number of tetrazole rings is 1. The van der Waals surface area contributed by atoms with Crippen LogP contribution in [0.3, 0.4) is 0 Å². The molecule has 0 N–H and O–H groups in total. The summed E-state index contributed by atoms with van der Waals surface area (Å²) < 4.78 is 1.79. The van der Waals surface area contributed by atoms with E-state index in [0.717, 1.165) is 48.0 Å². The molecular weight excluding hydrogens is 330 g/mol. The van der Waals surface area contributed by atoms with E-state index in [0.29, 0.717) is 0 Å². The zero-order valence-corrected chi connectivity index (χ0v) is 15.1. The molecule has 3 rings (SSSR count). The molecule has 0 fully saturated rings. The van der Waals surface area contributed by atoms with Crippen LogP contribution < -0.4 is 4.90 Å². The van der Waals surface area contributed by atoms with Crippen molar-refractivity contribution in [2.45, 2.75) is 26.2 Å². The molecule has 0 spiro atoms. The van der Waals surface area contributed by atoms with Crippen molar-refractivity contribution in [2.24, 2.45) is 0 Å². The summed E-state index contributed by atoms with van der Waals surface area (Å²) in [5, 5.41) is 12.1. The average Bonchev–Trinajstić information content (AvgIpc) is 3.12. The number of nitrogens with zero attached hydrogens (tertiary/aromatic N) is 5. The van der Waals surface area contributed by atoms with E-state index in [1.54, 1.807) is 4.68 Å². The van der Waals surface area contributed by atoms with Crippen LogP contribution in [0.5, 0.6) is 0 Å². The predicted octanol–water partition coefficient (Wildman–Crippen LogP) is 3.84. The van der Waals surface area contributed by atoms with Crippen LogP contribution in [-0.2, 0) is 6.42 Å². The number of anilines is 1. The summed E-state index contributed by atoms with van der Waals surface area (Å²) in [6, 6.07) is 20.2. The maximum Gasteiger partial charge on any atom is 0.156 e. The molecule has 0 aliphatic rings. The minimum absolute atomic E-state index is 0.786. The predicted molar refractivity (Wildman–Crippen MR) is 104 cm³/mol. The van der Waals surface area contributed by atoms with Gasteiger partial charge in [0.25, 0.3) is 0 Å². The molecule has 5 nitrogen and oxygen atoms in total. The zero-order chi connectivity index (χ0) is 17.5. The van der Waals surface area contributed by atoms with Crippen LogP contribution in [-0.4, -0.2) is 31.7 Å². The quantitative estimate of drug-likeness (QED) is 0.605. The zero-order valence-electron chi connectivity index (χ0n) is 14.2. The van der Waals surface area contributed by atoms with Gasteiger partial charge in [-0.1, -0.05) is 48.6 Å². The first-order valence-corrected chi connectivity index (χ1v) is 8.88. The van der Waals surface area contributed by atoms with Gasteiger partial charge in [-0.3, -0.25) is 0 Å². The molecule has 0 bridgehead atoms. The van der Waals surface area contributed by atoms with Crippen LogP contribution in [0.15, 0.2) is 60.7 Å². The van der Waals surface area contributed by atoms with Crippen LogP contribution in [0.1, 0.15) is 25.6 Å². The van der Waals surface area contributed by atoms with Crippen molar-refractivity contribution in [2.75, 3.05) is 11.4 Å². The standard InChI is InChI=1S/C19H21N5S/c1-2-23(16-10-5-3-6-11-16)19(25)15-9-14-18-20-21-22-24(18)17-12-7-4-8-13-17/h3-8,10-13H,2,9,14-15H2,1H3. The summed E-state index contributed by atoms with van der Waals surface area (Å²) in [4.78, 5) is 3.13. The minimum Gasteiger partial charge on any atom is -0.336 e. The highest BCUT2D eigenvalue weighted by molar-refractivity contribution is 7.80. The first-order valence-electron chi connectivity index (χ1n) is 8.47. The molecule has 0 aliphatic heterocycles. The molecule has 0 saturated carbocycles. The van der Waals surface area contributed by atoms with E-state index < -0.39 is 0 Å². The Morgan fingerprint density at radius 1 is 1.04 bits per heavy atom. The maximum atomic E-state index is 5.65. The van der Waals surface area contributed by atoms with Crippen molar-refractivity contribution in [1.82, 2.24) is 20.2 Å². The van der Waals surface area contributed by atoms with Gasteiger partial charge in [-0.15, -0.1) is 5.10 Å². The van der Waals surface area contributed by atoms with Crippen molar-refractivity contribution >= 4 is 22.9 Å². The van der Waals surface area contributed by atoms with Gasteiger partial charge >= 0.3 is 0 Å². The van der Waals surface area contributed by atoms with E-state index in [9.17, 15) is 0 Å². The number of benzene rings is 2. The van der Waals surface area contributed by atoms with Crippen LogP contribution >= 0.6 is 12.2 Å². The molecule has 128 valence electrons. The molecule has 0 amide bonds. The lowest BCUT2D eigenvalue weighted by Crippen LogP contribution is -2.28. The highest BCUT2D eigenvalue weighted by atomic mass is 32.1. The highest BCUT2D eigenvalue weighted by Crippen LogP contribution is 2.16. The van der Waals surface area contributed by atoms with Gasteiger partial charge in [-0.25, -0.2) is 0 Å². The fourth-order valence-corrected chi connectivity index (χ4v) is 3.15. The van der Waals surface area contributed by atoms with Gasteiger partial charge in [0.2, 0.25) is 0 Å². The van der Waals surface area contributed by atoms with E-state index in [2.05, 4.69) is 39.5 Å². The van der Waals surface area contributed by atoms with Gasteiger partial charge in [0.1, 0.15) is 0 Å². The van der Waals surface area contributed by atoms with Gasteiger partial charge in [0.15, 0.2) is 5.82 Å². The van der Waals surface area contributed by atoms with Gasteiger partial charge in [-0.05, 0) is 54.5 Å². The van der Waals surface area contributed by atoms with Crippen LogP contribution in [0.2, 0.25) is 0 Å². The molecular formula is C19H21N5S. The summed E-state index contributed by atoms with van der Waals surface area (Å²) in [5.74, 6) is 0.858. The summed E-state index contributed by atoms with van der Waals surface area (Å²) in [6.45, 7) is 2.99. The Morgan fingerprint density at radius 2 is 1.72 bits per heavy atom. The monoisotopic (exact) mass is 351 g/mol. The molecule has 1 aromatic heterocycles. The largest absolute Gasteiger partial charge is 0.336 e. The lowest BCUT2D eigenvalue weighted by Gasteiger charge is -2.23. The minimum atomic E-state index is 0.786. The Balaban J connectivity index is 1.60.